The van der Waals surface area contributed by atoms with E-state index in [-0.39, 0.29) is 10.0 Å². The zero-order chi connectivity index (χ0) is 17.9. The third kappa shape index (κ3) is 3.97. The Bertz CT molecular complexity index is 835. The summed E-state index contributed by atoms with van der Waals surface area (Å²) < 4.78 is 46.2. The zero-order valence-electron chi connectivity index (χ0n) is 13.7. The number of hydrogen-bond acceptors (Lipinski definition) is 7. The van der Waals surface area contributed by atoms with Gasteiger partial charge < -0.3 is 10.1 Å². The highest BCUT2D eigenvalue weighted by atomic mass is 32.2. The highest BCUT2D eigenvalue weighted by Crippen LogP contribution is 2.26. The number of thiophene rings is 1. The summed E-state index contributed by atoms with van der Waals surface area (Å²) in [5.74, 6) is -0.347. The Kier molecular flexibility index (Phi) is 5.62. The molecule has 0 amide bonds. The van der Waals surface area contributed by atoms with E-state index in [0.717, 1.165) is 4.88 Å². The average molecular weight is 386 g/mol. The van der Waals surface area contributed by atoms with Crippen molar-refractivity contribution in [3.05, 3.63) is 34.8 Å². The maximum Gasteiger partial charge on any atom is 0.252 e. The molecule has 0 aromatic carbocycles. The van der Waals surface area contributed by atoms with E-state index >= 15 is 0 Å². The Morgan fingerprint density at radius 2 is 2.08 bits per heavy atom. The van der Waals surface area contributed by atoms with Gasteiger partial charge in [-0.1, -0.05) is 6.92 Å². The van der Waals surface area contributed by atoms with Gasteiger partial charge in [0.25, 0.3) is 10.0 Å². The van der Waals surface area contributed by atoms with Gasteiger partial charge >= 0.3 is 0 Å². The number of aryl methyl sites for hydroxylation is 1. The highest BCUT2D eigenvalue weighted by Gasteiger charge is 2.27. The Hall–Kier alpha value is -1.62. The minimum Gasteiger partial charge on any atom is -0.379 e. The first-order chi connectivity index (χ1) is 12.0. The second kappa shape index (κ2) is 7.73. The number of sulfonamides is 1. The molecule has 1 fully saturated rings. The Morgan fingerprint density at radius 3 is 2.80 bits per heavy atom. The Labute approximate surface area is 149 Å². The molecule has 7 nitrogen and oxygen atoms in total. The molecule has 1 aliphatic heterocycles. The number of anilines is 1. The van der Waals surface area contributed by atoms with Crippen LogP contribution in [0.5, 0.6) is 0 Å². The number of nitrogens with one attached hydrogen (secondary N) is 1. The maximum atomic E-state index is 14.1. The summed E-state index contributed by atoms with van der Waals surface area (Å²) in [5.41, 5.74) is 0.347. The van der Waals surface area contributed by atoms with E-state index in [4.69, 9.17) is 4.74 Å². The van der Waals surface area contributed by atoms with Gasteiger partial charge in [0.1, 0.15) is 10.5 Å². The van der Waals surface area contributed by atoms with Gasteiger partial charge in [-0.05, 0) is 18.6 Å². The maximum absolute atomic E-state index is 14.1. The molecule has 0 unspecified atom stereocenters. The molecule has 1 aliphatic rings. The van der Waals surface area contributed by atoms with Crippen LogP contribution in [0.4, 0.5) is 10.2 Å². The first kappa shape index (κ1) is 18.2. The lowest BCUT2D eigenvalue weighted by Crippen LogP contribution is -2.40. The van der Waals surface area contributed by atoms with Crippen LogP contribution in [0, 0.1) is 5.82 Å². The fourth-order valence-corrected chi connectivity index (χ4v) is 5.31. The monoisotopic (exact) mass is 386 g/mol. The van der Waals surface area contributed by atoms with E-state index < -0.39 is 15.8 Å². The molecule has 2 aromatic heterocycles. The molecule has 0 aliphatic carbocycles. The van der Waals surface area contributed by atoms with Gasteiger partial charge in [-0.2, -0.15) is 4.31 Å². The Morgan fingerprint density at radius 1 is 1.32 bits per heavy atom. The number of hydrogen-bond donors (Lipinski definition) is 1. The van der Waals surface area contributed by atoms with Crippen molar-refractivity contribution in [3.63, 3.8) is 0 Å². The largest absolute Gasteiger partial charge is 0.379 e. The van der Waals surface area contributed by atoms with Gasteiger partial charge in [-0.15, -0.1) is 11.3 Å². The molecule has 3 heterocycles. The van der Waals surface area contributed by atoms with E-state index in [1.54, 1.807) is 12.1 Å². The van der Waals surface area contributed by atoms with Crippen LogP contribution in [0.3, 0.4) is 0 Å². The van der Waals surface area contributed by atoms with Crippen molar-refractivity contribution in [1.29, 1.82) is 0 Å². The fraction of sp³-hybridized carbons (Fsp3) is 0.467. The molecule has 10 heteroatoms. The molecule has 25 heavy (non-hydrogen) atoms. The summed E-state index contributed by atoms with van der Waals surface area (Å²) in [6, 6.07) is 3.31. The minimum absolute atomic E-state index is 0.123. The first-order valence-corrected chi connectivity index (χ1v) is 10.2. The second-order valence-corrected chi connectivity index (χ2v) is 8.76. The number of halogens is 1. The predicted molar refractivity (Wildman–Crippen MR) is 92.6 cm³/mol. The predicted octanol–water partition coefficient (Wildman–Crippen LogP) is 1.87. The number of aromatic nitrogens is 2. The van der Waals surface area contributed by atoms with Crippen LogP contribution in [0.1, 0.15) is 17.5 Å². The topological polar surface area (TPSA) is 84.4 Å². The number of ether oxygens (including phenoxy) is 1. The summed E-state index contributed by atoms with van der Waals surface area (Å²) in [4.78, 5) is 8.56. The molecule has 0 atom stereocenters. The van der Waals surface area contributed by atoms with Gasteiger partial charge in [-0.25, -0.2) is 22.8 Å². The van der Waals surface area contributed by atoms with E-state index in [2.05, 4.69) is 15.3 Å². The molecule has 1 N–H and O–H groups in total. The quantitative estimate of drug-likeness (QED) is 0.816. The summed E-state index contributed by atoms with van der Waals surface area (Å²) >= 11 is 1.17. The van der Waals surface area contributed by atoms with Crippen molar-refractivity contribution in [2.75, 3.05) is 31.6 Å². The zero-order valence-corrected chi connectivity index (χ0v) is 15.4. The molecule has 3 rings (SSSR count). The lowest BCUT2D eigenvalue weighted by atomic mass is 10.3. The molecular formula is C15H19FN4O3S2. The molecule has 0 bridgehead atoms. The van der Waals surface area contributed by atoms with Gasteiger partial charge in [0, 0.05) is 18.0 Å². The molecule has 0 spiro atoms. The van der Waals surface area contributed by atoms with Crippen LogP contribution in [-0.2, 0) is 27.7 Å². The summed E-state index contributed by atoms with van der Waals surface area (Å²) in [6.07, 6.45) is 1.79. The third-order valence-electron chi connectivity index (χ3n) is 3.83. The van der Waals surface area contributed by atoms with Crippen molar-refractivity contribution in [2.45, 2.75) is 24.1 Å². The molecule has 0 saturated carbocycles. The molecule has 136 valence electrons. The molecule has 0 radical (unpaired) electrons. The van der Waals surface area contributed by atoms with Crippen molar-refractivity contribution < 1.29 is 17.5 Å². The summed E-state index contributed by atoms with van der Waals surface area (Å²) in [6.45, 7) is 3.65. The number of rotatable bonds is 6. The molecular weight excluding hydrogens is 367 g/mol. The van der Waals surface area contributed by atoms with Crippen molar-refractivity contribution in [1.82, 2.24) is 14.3 Å². The van der Waals surface area contributed by atoms with Crippen molar-refractivity contribution in [3.8, 4) is 0 Å². The van der Waals surface area contributed by atoms with Gasteiger partial charge in [-0.3, -0.25) is 0 Å². The summed E-state index contributed by atoms with van der Waals surface area (Å²) in [5, 5.41) is 2.90. The lowest BCUT2D eigenvalue weighted by Gasteiger charge is -2.25. The van der Waals surface area contributed by atoms with Crippen LogP contribution in [-0.4, -0.2) is 49.0 Å². The van der Waals surface area contributed by atoms with Gasteiger partial charge in [0.2, 0.25) is 0 Å². The summed E-state index contributed by atoms with van der Waals surface area (Å²) in [7, 11) is -3.50. The van der Waals surface area contributed by atoms with E-state index in [0.29, 0.717) is 45.0 Å². The van der Waals surface area contributed by atoms with Gasteiger partial charge in [0.15, 0.2) is 11.6 Å². The normalized spacial score (nSPS) is 16.1. The number of morpholine rings is 1. The molecule has 2 aromatic rings. The van der Waals surface area contributed by atoms with E-state index in [9.17, 15) is 12.8 Å². The van der Waals surface area contributed by atoms with Crippen LogP contribution < -0.4 is 5.32 Å². The van der Waals surface area contributed by atoms with E-state index in [1.165, 1.54) is 22.0 Å². The smallest absolute Gasteiger partial charge is 0.252 e. The highest BCUT2D eigenvalue weighted by molar-refractivity contribution is 7.91. The van der Waals surface area contributed by atoms with Gasteiger partial charge in [0.05, 0.1) is 25.5 Å². The third-order valence-corrected chi connectivity index (χ3v) is 7.28. The molecule has 1 saturated heterocycles. The van der Waals surface area contributed by atoms with Crippen LogP contribution in [0.2, 0.25) is 0 Å². The van der Waals surface area contributed by atoms with E-state index in [1.807, 2.05) is 6.92 Å². The average Bonchev–Trinajstić information content (AvgIpc) is 3.11. The first-order valence-electron chi connectivity index (χ1n) is 7.92. The Balaban J connectivity index is 1.70. The SMILES string of the molecule is CCc1ncnc(NCc2ccc(S(=O)(=O)N3CCOCC3)s2)c1F. The van der Waals surface area contributed by atoms with Crippen molar-refractivity contribution >= 4 is 27.2 Å². The van der Waals surface area contributed by atoms with Crippen LogP contribution in [0.15, 0.2) is 22.7 Å². The second-order valence-electron chi connectivity index (χ2n) is 5.43. The van der Waals surface area contributed by atoms with Crippen LogP contribution in [0.25, 0.3) is 0 Å². The standard InChI is InChI=1S/C15H19FN4O3S2/c1-2-12-14(16)15(19-10-18-12)17-9-11-3-4-13(24-11)25(21,22)20-5-7-23-8-6-20/h3-4,10H,2,5-9H2,1H3,(H,17,18,19). The number of nitrogens with zero attached hydrogens (tertiary/aromatic N) is 3. The minimum atomic E-state index is -3.50. The lowest BCUT2D eigenvalue weighted by molar-refractivity contribution is 0.0731. The van der Waals surface area contributed by atoms with Crippen LogP contribution >= 0.6 is 11.3 Å². The fourth-order valence-electron chi connectivity index (χ4n) is 2.45. The van der Waals surface area contributed by atoms with Crippen molar-refractivity contribution in [2.24, 2.45) is 0 Å².